The number of carbonyl (C=O) groups excluding carboxylic acids is 1. The molecular formula is C14H18ClNO. The summed E-state index contributed by atoms with van der Waals surface area (Å²) in [6.07, 6.45) is 2.86. The van der Waals surface area contributed by atoms with Crippen LogP contribution in [0.5, 0.6) is 0 Å². The Balaban J connectivity index is 1.76. The zero-order valence-electron chi connectivity index (χ0n) is 10.1. The maximum atomic E-state index is 11.7. The van der Waals surface area contributed by atoms with E-state index in [4.69, 9.17) is 11.6 Å². The van der Waals surface area contributed by atoms with Crippen molar-refractivity contribution in [2.45, 2.75) is 31.6 Å². The highest BCUT2D eigenvalue weighted by Crippen LogP contribution is 2.35. The van der Waals surface area contributed by atoms with Crippen LogP contribution in [-0.2, 0) is 11.2 Å². The number of rotatable bonds is 5. The molecule has 1 aliphatic rings. The van der Waals surface area contributed by atoms with Crippen molar-refractivity contribution in [2.24, 2.45) is 5.92 Å². The number of aryl methyl sites for hydroxylation is 1. The number of hydrogen-bond acceptors (Lipinski definition) is 1. The van der Waals surface area contributed by atoms with Gasteiger partial charge in [0.15, 0.2) is 0 Å². The molecule has 0 aliphatic heterocycles. The largest absolute Gasteiger partial charge is 0.354 e. The van der Waals surface area contributed by atoms with E-state index in [0.717, 1.165) is 5.56 Å². The number of halogens is 1. The quantitative estimate of drug-likeness (QED) is 0.801. The first-order valence-electron chi connectivity index (χ1n) is 6.11. The van der Waals surface area contributed by atoms with Gasteiger partial charge in [-0.25, -0.2) is 0 Å². The summed E-state index contributed by atoms with van der Waals surface area (Å²) in [4.78, 5) is 11.7. The van der Waals surface area contributed by atoms with Crippen molar-refractivity contribution in [3.05, 3.63) is 35.4 Å². The molecule has 3 heteroatoms. The number of benzene rings is 1. The lowest BCUT2D eigenvalue weighted by Crippen LogP contribution is -2.31. The minimum Gasteiger partial charge on any atom is -0.354 e. The maximum Gasteiger partial charge on any atom is 0.224 e. The zero-order valence-corrected chi connectivity index (χ0v) is 10.8. The van der Waals surface area contributed by atoms with E-state index in [2.05, 4.69) is 5.32 Å². The first-order valence-corrected chi connectivity index (χ1v) is 6.55. The summed E-state index contributed by atoms with van der Waals surface area (Å²) in [6.45, 7) is 2.63. The van der Waals surface area contributed by atoms with Gasteiger partial charge in [-0.05, 0) is 31.2 Å². The molecule has 2 nitrogen and oxygen atoms in total. The lowest BCUT2D eigenvalue weighted by molar-refractivity contribution is -0.120. The first kappa shape index (κ1) is 12.4. The summed E-state index contributed by atoms with van der Waals surface area (Å²) in [7, 11) is 0. The maximum absolute atomic E-state index is 11.7. The lowest BCUT2D eigenvalue weighted by atomic mass is 10.1. The second-order valence-electron chi connectivity index (χ2n) is 4.82. The molecule has 0 aromatic heterocycles. The SMILES string of the molecule is Cc1cccc(CC(=O)NCC(Cl)C2CC2)c1. The molecule has 0 spiro atoms. The van der Waals surface area contributed by atoms with Crippen LogP contribution in [0.25, 0.3) is 0 Å². The Morgan fingerprint density at radius 1 is 1.53 bits per heavy atom. The Hall–Kier alpha value is -1.02. The van der Waals surface area contributed by atoms with Crippen molar-refractivity contribution < 1.29 is 4.79 Å². The number of hydrogen-bond donors (Lipinski definition) is 1. The van der Waals surface area contributed by atoms with E-state index in [1.54, 1.807) is 0 Å². The fourth-order valence-electron chi connectivity index (χ4n) is 1.91. The van der Waals surface area contributed by atoms with Gasteiger partial charge < -0.3 is 5.32 Å². The fourth-order valence-corrected chi connectivity index (χ4v) is 2.24. The molecule has 2 rings (SSSR count). The van der Waals surface area contributed by atoms with Gasteiger partial charge in [-0.15, -0.1) is 11.6 Å². The van der Waals surface area contributed by atoms with Gasteiger partial charge in [0.25, 0.3) is 0 Å². The Labute approximate surface area is 107 Å². The van der Waals surface area contributed by atoms with Crippen molar-refractivity contribution >= 4 is 17.5 Å². The standard InChI is InChI=1S/C14H18ClNO/c1-10-3-2-4-11(7-10)8-14(17)16-9-13(15)12-5-6-12/h2-4,7,12-13H,5-6,8-9H2,1H3,(H,16,17). The van der Waals surface area contributed by atoms with E-state index in [9.17, 15) is 4.79 Å². The van der Waals surface area contributed by atoms with Crippen LogP contribution in [0.3, 0.4) is 0 Å². The molecule has 1 unspecified atom stereocenters. The van der Waals surface area contributed by atoms with Gasteiger partial charge >= 0.3 is 0 Å². The third-order valence-electron chi connectivity index (χ3n) is 3.07. The molecule has 1 atom stereocenters. The highest BCUT2D eigenvalue weighted by molar-refractivity contribution is 6.21. The number of amides is 1. The summed E-state index contributed by atoms with van der Waals surface area (Å²) in [6, 6.07) is 8.03. The van der Waals surface area contributed by atoms with Crippen molar-refractivity contribution in [3.8, 4) is 0 Å². The van der Waals surface area contributed by atoms with Crippen LogP contribution in [0.2, 0.25) is 0 Å². The highest BCUT2D eigenvalue weighted by Gasteiger charge is 2.29. The Morgan fingerprint density at radius 3 is 2.94 bits per heavy atom. The van der Waals surface area contributed by atoms with Crippen LogP contribution < -0.4 is 5.32 Å². The Bertz CT molecular complexity index is 401. The summed E-state index contributed by atoms with van der Waals surface area (Å²) in [5.41, 5.74) is 2.24. The molecule has 1 saturated carbocycles. The predicted molar refractivity (Wildman–Crippen MR) is 70.3 cm³/mol. The third kappa shape index (κ3) is 4.04. The topological polar surface area (TPSA) is 29.1 Å². The van der Waals surface area contributed by atoms with E-state index in [1.807, 2.05) is 31.2 Å². The summed E-state index contributed by atoms with van der Waals surface area (Å²) >= 11 is 6.14. The molecule has 0 heterocycles. The second-order valence-corrected chi connectivity index (χ2v) is 5.38. The summed E-state index contributed by atoms with van der Waals surface area (Å²) < 4.78 is 0. The molecule has 17 heavy (non-hydrogen) atoms. The van der Waals surface area contributed by atoms with Crippen LogP contribution in [0.4, 0.5) is 0 Å². The highest BCUT2D eigenvalue weighted by atomic mass is 35.5. The summed E-state index contributed by atoms with van der Waals surface area (Å²) in [5.74, 6) is 0.679. The molecule has 1 amide bonds. The van der Waals surface area contributed by atoms with Crippen molar-refractivity contribution in [3.63, 3.8) is 0 Å². The molecule has 0 bridgehead atoms. The monoisotopic (exact) mass is 251 g/mol. The molecule has 1 fully saturated rings. The second kappa shape index (κ2) is 5.54. The van der Waals surface area contributed by atoms with Gasteiger partial charge in [-0.2, -0.15) is 0 Å². The molecular weight excluding hydrogens is 234 g/mol. The molecule has 92 valence electrons. The zero-order chi connectivity index (χ0) is 12.3. The van der Waals surface area contributed by atoms with Crippen LogP contribution in [0, 0.1) is 12.8 Å². The van der Waals surface area contributed by atoms with Crippen LogP contribution in [0.1, 0.15) is 24.0 Å². The Kier molecular flexibility index (Phi) is 4.06. The van der Waals surface area contributed by atoms with Gasteiger partial charge in [0.05, 0.1) is 11.8 Å². The van der Waals surface area contributed by atoms with Crippen molar-refractivity contribution in [2.75, 3.05) is 6.54 Å². The van der Waals surface area contributed by atoms with E-state index in [0.29, 0.717) is 18.9 Å². The number of nitrogens with one attached hydrogen (secondary N) is 1. The summed E-state index contributed by atoms with van der Waals surface area (Å²) in [5, 5.41) is 3.01. The van der Waals surface area contributed by atoms with Crippen LogP contribution in [-0.4, -0.2) is 17.8 Å². The fraction of sp³-hybridized carbons (Fsp3) is 0.500. The number of carbonyl (C=O) groups is 1. The van der Waals surface area contributed by atoms with E-state index in [-0.39, 0.29) is 11.3 Å². The average Bonchev–Trinajstić information content (AvgIpc) is 3.09. The van der Waals surface area contributed by atoms with Gasteiger partial charge in [-0.3, -0.25) is 4.79 Å². The van der Waals surface area contributed by atoms with Gasteiger partial charge in [0, 0.05) is 6.54 Å². The van der Waals surface area contributed by atoms with E-state index < -0.39 is 0 Å². The van der Waals surface area contributed by atoms with E-state index in [1.165, 1.54) is 18.4 Å². The molecule has 0 radical (unpaired) electrons. The smallest absolute Gasteiger partial charge is 0.224 e. The predicted octanol–water partition coefficient (Wildman–Crippen LogP) is 2.67. The lowest BCUT2D eigenvalue weighted by Gasteiger charge is -2.09. The normalized spacial score (nSPS) is 16.6. The molecule has 1 aromatic rings. The van der Waals surface area contributed by atoms with Gasteiger partial charge in [0.2, 0.25) is 5.91 Å². The minimum absolute atomic E-state index is 0.0573. The average molecular weight is 252 g/mol. The van der Waals surface area contributed by atoms with E-state index >= 15 is 0 Å². The molecule has 1 aliphatic carbocycles. The molecule has 0 saturated heterocycles. The van der Waals surface area contributed by atoms with Crippen LogP contribution in [0.15, 0.2) is 24.3 Å². The number of alkyl halides is 1. The minimum atomic E-state index is 0.0573. The van der Waals surface area contributed by atoms with Gasteiger partial charge in [0.1, 0.15) is 0 Å². The van der Waals surface area contributed by atoms with Crippen LogP contribution >= 0.6 is 11.6 Å². The molecule has 1 aromatic carbocycles. The first-order chi connectivity index (χ1) is 8.15. The third-order valence-corrected chi connectivity index (χ3v) is 3.59. The van der Waals surface area contributed by atoms with Gasteiger partial charge in [-0.1, -0.05) is 29.8 Å². The van der Waals surface area contributed by atoms with Crippen molar-refractivity contribution in [1.82, 2.24) is 5.32 Å². The molecule has 1 N–H and O–H groups in total. The Morgan fingerprint density at radius 2 is 2.29 bits per heavy atom. The van der Waals surface area contributed by atoms with Crippen molar-refractivity contribution in [1.29, 1.82) is 0 Å².